The van der Waals surface area contributed by atoms with E-state index in [9.17, 15) is 0 Å². The Bertz CT molecular complexity index is 491. The molecule has 0 aliphatic heterocycles. The van der Waals surface area contributed by atoms with Gasteiger partial charge in [0.25, 0.3) is 0 Å². The lowest BCUT2D eigenvalue weighted by atomic mass is 9.97. The highest BCUT2D eigenvalue weighted by Crippen LogP contribution is 2.23. The standard InChI is InChI=1S/C20H29N/c1-5-7-9-11-20(21)19-14-12-18(13-15-19)17(4)16(3)10-8-6-2/h6,8,10,12-15,20H,2,5,7,9,11,21H2,1,3-4H3/b10-8-,17-16+. The van der Waals surface area contributed by atoms with Gasteiger partial charge in [0.2, 0.25) is 0 Å². The van der Waals surface area contributed by atoms with Crippen molar-refractivity contribution in [3.8, 4) is 0 Å². The topological polar surface area (TPSA) is 26.0 Å². The molecule has 0 radical (unpaired) electrons. The van der Waals surface area contributed by atoms with Crippen molar-refractivity contribution in [2.75, 3.05) is 0 Å². The molecule has 0 heterocycles. The third kappa shape index (κ3) is 5.73. The van der Waals surface area contributed by atoms with Gasteiger partial charge in [-0.3, -0.25) is 0 Å². The summed E-state index contributed by atoms with van der Waals surface area (Å²) in [5, 5.41) is 0. The second-order valence-corrected chi connectivity index (χ2v) is 5.63. The van der Waals surface area contributed by atoms with Gasteiger partial charge in [0.05, 0.1) is 0 Å². The SMILES string of the molecule is C=C/C=C\C(C)=C(/C)c1ccc(C(N)CCCCC)cc1. The van der Waals surface area contributed by atoms with Crippen molar-refractivity contribution in [3.63, 3.8) is 0 Å². The Morgan fingerprint density at radius 2 is 1.86 bits per heavy atom. The Labute approximate surface area is 130 Å². The summed E-state index contributed by atoms with van der Waals surface area (Å²) in [6, 6.07) is 8.85. The van der Waals surface area contributed by atoms with Gasteiger partial charge in [-0.2, -0.15) is 0 Å². The minimum absolute atomic E-state index is 0.164. The first-order chi connectivity index (χ1) is 10.1. The van der Waals surface area contributed by atoms with Gasteiger partial charge in [0.1, 0.15) is 0 Å². The van der Waals surface area contributed by atoms with Crippen LogP contribution in [0, 0.1) is 0 Å². The minimum atomic E-state index is 0.164. The summed E-state index contributed by atoms with van der Waals surface area (Å²) < 4.78 is 0. The van der Waals surface area contributed by atoms with E-state index in [0.717, 1.165) is 6.42 Å². The van der Waals surface area contributed by atoms with Crippen LogP contribution >= 0.6 is 0 Å². The zero-order chi connectivity index (χ0) is 15.7. The molecular weight excluding hydrogens is 254 g/mol. The maximum atomic E-state index is 6.25. The van der Waals surface area contributed by atoms with Crippen molar-refractivity contribution in [2.45, 2.75) is 52.5 Å². The maximum absolute atomic E-state index is 6.25. The van der Waals surface area contributed by atoms with Crippen LogP contribution in [0.1, 0.15) is 63.6 Å². The fourth-order valence-corrected chi connectivity index (χ4v) is 2.33. The van der Waals surface area contributed by atoms with Crippen molar-refractivity contribution >= 4 is 5.57 Å². The maximum Gasteiger partial charge on any atom is 0.0294 e. The summed E-state index contributed by atoms with van der Waals surface area (Å²) in [5.74, 6) is 0. The largest absolute Gasteiger partial charge is 0.324 e. The molecule has 0 aliphatic rings. The normalized spacial score (nSPS) is 14.1. The van der Waals surface area contributed by atoms with Gasteiger partial charge < -0.3 is 5.73 Å². The molecule has 1 heteroatoms. The molecule has 1 nitrogen and oxygen atoms in total. The molecule has 2 N–H and O–H groups in total. The highest BCUT2D eigenvalue weighted by atomic mass is 14.6. The van der Waals surface area contributed by atoms with Gasteiger partial charge in [-0.1, -0.05) is 75.3 Å². The molecule has 0 bridgehead atoms. The van der Waals surface area contributed by atoms with E-state index in [-0.39, 0.29) is 6.04 Å². The van der Waals surface area contributed by atoms with E-state index < -0.39 is 0 Å². The van der Waals surface area contributed by atoms with E-state index in [1.807, 2.05) is 6.08 Å². The van der Waals surface area contributed by atoms with Crippen molar-refractivity contribution < 1.29 is 0 Å². The lowest BCUT2D eigenvalue weighted by Gasteiger charge is -2.13. The molecule has 0 spiro atoms. The Morgan fingerprint density at radius 1 is 1.19 bits per heavy atom. The van der Waals surface area contributed by atoms with Crippen molar-refractivity contribution in [3.05, 3.63) is 65.8 Å². The molecule has 1 unspecified atom stereocenters. The molecule has 0 saturated heterocycles. The van der Waals surface area contributed by atoms with Gasteiger partial charge in [-0.15, -0.1) is 0 Å². The molecule has 1 aromatic carbocycles. The summed E-state index contributed by atoms with van der Waals surface area (Å²) >= 11 is 0. The number of allylic oxidation sites excluding steroid dienone is 5. The number of unbranched alkanes of at least 4 members (excludes halogenated alkanes) is 2. The van der Waals surface area contributed by atoms with E-state index in [4.69, 9.17) is 5.73 Å². The second kappa shape index (κ2) is 9.36. The van der Waals surface area contributed by atoms with Crippen LogP contribution < -0.4 is 5.73 Å². The molecule has 0 aliphatic carbocycles. The minimum Gasteiger partial charge on any atom is -0.324 e. The molecule has 114 valence electrons. The summed E-state index contributed by atoms with van der Waals surface area (Å²) in [7, 11) is 0. The van der Waals surface area contributed by atoms with Crippen molar-refractivity contribution in [1.29, 1.82) is 0 Å². The molecule has 0 saturated carbocycles. The highest BCUT2D eigenvalue weighted by Gasteiger charge is 2.06. The average Bonchev–Trinajstić information content (AvgIpc) is 2.52. The number of rotatable bonds is 8. The van der Waals surface area contributed by atoms with E-state index in [2.05, 4.69) is 57.7 Å². The van der Waals surface area contributed by atoms with Gasteiger partial charge >= 0.3 is 0 Å². The van der Waals surface area contributed by atoms with Crippen molar-refractivity contribution in [2.24, 2.45) is 5.73 Å². The fraction of sp³-hybridized carbons (Fsp3) is 0.400. The summed E-state index contributed by atoms with van der Waals surface area (Å²) in [6.45, 7) is 10.2. The van der Waals surface area contributed by atoms with E-state index in [1.54, 1.807) is 6.08 Å². The Morgan fingerprint density at radius 3 is 2.43 bits per heavy atom. The van der Waals surface area contributed by atoms with Crippen LogP contribution in [0.5, 0.6) is 0 Å². The summed E-state index contributed by atoms with van der Waals surface area (Å²) in [5.41, 5.74) is 11.3. The predicted octanol–water partition coefficient (Wildman–Crippen LogP) is 5.80. The van der Waals surface area contributed by atoms with Gasteiger partial charge in [0.15, 0.2) is 0 Å². The lowest BCUT2D eigenvalue weighted by molar-refractivity contribution is 0.581. The first-order valence-electron chi connectivity index (χ1n) is 7.92. The first-order valence-corrected chi connectivity index (χ1v) is 7.92. The Kier molecular flexibility index (Phi) is 7.78. The monoisotopic (exact) mass is 283 g/mol. The average molecular weight is 283 g/mol. The van der Waals surface area contributed by atoms with E-state index >= 15 is 0 Å². The third-order valence-corrected chi connectivity index (χ3v) is 3.96. The van der Waals surface area contributed by atoms with Crippen LogP contribution in [0.4, 0.5) is 0 Å². The number of nitrogens with two attached hydrogens (primary N) is 1. The molecule has 1 atom stereocenters. The summed E-state index contributed by atoms with van der Waals surface area (Å²) in [6.07, 6.45) is 10.7. The first kappa shape index (κ1) is 17.5. The van der Waals surface area contributed by atoms with Gasteiger partial charge in [-0.05, 0) is 42.5 Å². The predicted molar refractivity (Wildman–Crippen MR) is 95.1 cm³/mol. The summed E-state index contributed by atoms with van der Waals surface area (Å²) in [4.78, 5) is 0. The van der Waals surface area contributed by atoms with Crippen molar-refractivity contribution in [1.82, 2.24) is 0 Å². The third-order valence-electron chi connectivity index (χ3n) is 3.96. The van der Waals surface area contributed by atoms with Crippen LogP contribution in [-0.4, -0.2) is 0 Å². The molecule has 21 heavy (non-hydrogen) atoms. The zero-order valence-electron chi connectivity index (χ0n) is 13.7. The quantitative estimate of drug-likeness (QED) is 0.473. The van der Waals surface area contributed by atoms with Crippen LogP contribution in [0.25, 0.3) is 5.57 Å². The number of hydrogen-bond donors (Lipinski definition) is 1. The number of benzene rings is 1. The van der Waals surface area contributed by atoms with Crippen LogP contribution in [-0.2, 0) is 0 Å². The van der Waals surface area contributed by atoms with Crippen LogP contribution in [0.2, 0.25) is 0 Å². The van der Waals surface area contributed by atoms with Gasteiger partial charge in [-0.25, -0.2) is 0 Å². The zero-order valence-corrected chi connectivity index (χ0v) is 13.7. The van der Waals surface area contributed by atoms with E-state index in [1.165, 1.54) is 41.5 Å². The van der Waals surface area contributed by atoms with Crippen LogP contribution in [0.15, 0.2) is 54.6 Å². The highest BCUT2D eigenvalue weighted by molar-refractivity contribution is 5.69. The molecule has 0 aromatic heterocycles. The van der Waals surface area contributed by atoms with Gasteiger partial charge in [0, 0.05) is 6.04 Å². The molecule has 0 fully saturated rings. The molecule has 0 amide bonds. The Hall–Kier alpha value is -1.60. The fourth-order valence-electron chi connectivity index (χ4n) is 2.33. The lowest BCUT2D eigenvalue weighted by Crippen LogP contribution is -2.09. The Balaban J connectivity index is 2.77. The van der Waals surface area contributed by atoms with E-state index in [0.29, 0.717) is 0 Å². The molecular formula is C20H29N. The van der Waals surface area contributed by atoms with Crippen LogP contribution in [0.3, 0.4) is 0 Å². The smallest absolute Gasteiger partial charge is 0.0294 e. The number of hydrogen-bond acceptors (Lipinski definition) is 1. The second-order valence-electron chi connectivity index (χ2n) is 5.63. The molecule has 1 aromatic rings. The molecule has 1 rings (SSSR count).